The average Bonchev–Trinajstić information content (AvgIpc) is 3.23. The minimum absolute atomic E-state index is 0.108. The minimum atomic E-state index is -0.966. The molecule has 7 heteroatoms. The highest BCUT2D eigenvalue weighted by Crippen LogP contribution is 2.31. The Bertz CT molecular complexity index is 605. The molecule has 132 valence electrons. The maximum absolute atomic E-state index is 12.8. The first-order valence-corrected chi connectivity index (χ1v) is 8.65. The minimum Gasteiger partial charge on any atom is -0.478 e. The van der Waals surface area contributed by atoms with Crippen LogP contribution in [-0.4, -0.2) is 57.5 Å². The van der Waals surface area contributed by atoms with Gasteiger partial charge in [-0.2, -0.15) is 5.10 Å². The van der Waals surface area contributed by atoms with Crippen molar-refractivity contribution in [3.05, 3.63) is 18.0 Å². The van der Waals surface area contributed by atoms with Gasteiger partial charge in [0.05, 0.1) is 17.8 Å². The summed E-state index contributed by atoms with van der Waals surface area (Å²) in [5, 5.41) is 13.1. The fourth-order valence-corrected chi connectivity index (χ4v) is 3.72. The predicted molar refractivity (Wildman–Crippen MR) is 86.7 cm³/mol. The molecule has 0 saturated carbocycles. The number of aromatic carboxylic acids is 1. The number of piperidine rings is 1. The van der Waals surface area contributed by atoms with Crippen LogP contribution in [0.25, 0.3) is 0 Å². The topological polar surface area (TPSA) is 84.7 Å². The second-order valence-corrected chi connectivity index (χ2v) is 7.06. The molecule has 2 saturated heterocycles. The van der Waals surface area contributed by atoms with Crippen LogP contribution in [0.2, 0.25) is 0 Å². The molecule has 2 aliphatic heterocycles. The molecule has 0 aromatic carbocycles. The number of hydrogen-bond acceptors (Lipinski definition) is 4. The molecule has 3 rings (SSSR count). The summed E-state index contributed by atoms with van der Waals surface area (Å²) in [7, 11) is 0. The number of carboxylic acid groups (broad SMARTS) is 1. The van der Waals surface area contributed by atoms with E-state index in [4.69, 9.17) is 9.84 Å². The van der Waals surface area contributed by atoms with Crippen LogP contribution in [-0.2, 0) is 9.53 Å². The quantitative estimate of drug-likeness (QED) is 0.907. The SMILES string of the molecule is CC(C)[C@@H]1CCO[C@@H]1C(=O)N1CCC(n2cc(C(=O)O)cn2)CC1. The van der Waals surface area contributed by atoms with Crippen LogP contribution in [0.5, 0.6) is 0 Å². The molecule has 0 bridgehead atoms. The largest absolute Gasteiger partial charge is 0.478 e. The van der Waals surface area contributed by atoms with Crippen LogP contribution in [0.1, 0.15) is 49.5 Å². The Morgan fingerprint density at radius 1 is 1.29 bits per heavy atom. The summed E-state index contributed by atoms with van der Waals surface area (Å²) in [4.78, 5) is 25.6. The molecule has 24 heavy (non-hydrogen) atoms. The van der Waals surface area contributed by atoms with Gasteiger partial charge in [-0.25, -0.2) is 4.79 Å². The zero-order valence-electron chi connectivity index (χ0n) is 14.2. The monoisotopic (exact) mass is 335 g/mol. The van der Waals surface area contributed by atoms with Crippen molar-refractivity contribution >= 4 is 11.9 Å². The lowest BCUT2D eigenvalue weighted by molar-refractivity contribution is -0.144. The number of carbonyl (C=O) groups is 2. The molecule has 0 radical (unpaired) electrons. The van der Waals surface area contributed by atoms with Crippen LogP contribution in [0.3, 0.4) is 0 Å². The summed E-state index contributed by atoms with van der Waals surface area (Å²) >= 11 is 0. The molecule has 0 unspecified atom stereocenters. The molecular formula is C17H25N3O4. The number of carbonyl (C=O) groups excluding carboxylic acids is 1. The van der Waals surface area contributed by atoms with Crippen LogP contribution in [0.15, 0.2) is 12.4 Å². The zero-order chi connectivity index (χ0) is 17.3. The number of rotatable bonds is 4. The normalized spacial score (nSPS) is 25.4. The molecule has 0 spiro atoms. The molecule has 1 aromatic rings. The number of nitrogens with zero attached hydrogens (tertiary/aromatic N) is 3. The van der Waals surface area contributed by atoms with Crippen molar-refractivity contribution in [1.82, 2.24) is 14.7 Å². The lowest BCUT2D eigenvalue weighted by atomic mass is 9.88. The Balaban J connectivity index is 1.58. The molecule has 7 nitrogen and oxygen atoms in total. The average molecular weight is 335 g/mol. The van der Waals surface area contributed by atoms with Gasteiger partial charge in [-0.3, -0.25) is 9.48 Å². The maximum atomic E-state index is 12.8. The molecular weight excluding hydrogens is 310 g/mol. The molecule has 3 heterocycles. The lowest BCUT2D eigenvalue weighted by Gasteiger charge is -2.34. The van der Waals surface area contributed by atoms with Crippen molar-refractivity contribution in [2.24, 2.45) is 11.8 Å². The summed E-state index contributed by atoms with van der Waals surface area (Å²) in [5.74, 6) is -0.111. The van der Waals surface area contributed by atoms with E-state index in [1.807, 2.05) is 4.90 Å². The van der Waals surface area contributed by atoms with Crippen LogP contribution < -0.4 is 0 Å². The van der Waals surface area contributed by atoms with Crippen LogP contribution >= 0.6 is 0 Å². The second-order valence-electron chi connectivity index (χ2n) is 7.06. The van der Waals surface area contributed by atoms with Crippen molar-refractivity contribution in [2.75, 3.05) is 19.7 Å². The number of aromatic nitrogens is 2. The van der Waals surface area contributed by atoms with Gasteiger partial charge in [0, 0.05) is 25.9 Å². The highest BCUT2D eigenvalue weighted by molar-refractivity contribution is 5.86. The number of amides is 1. The molecule has 2 aliphatic rings. The summed E-state index contributed by atoms with van der Waals surface area (Å²) < 4.78 is 7.43. The van der Waals surface area contributed by atoms with Gasteiger partial charge in [-0.05, 0) is 31.1 Å². The third-order valence-electron chi connectivity index (χ3n) is 5.24. The van der Waals surface area contributed by atoms with Gasteiger partial charge in [-0.15, -0.1) is 0 Å². The van der Waals surface area contributed by atoms with E-state index in [2.05, 4.69) is 18.9 Å². The first-order valence-electron chi connectivity index (χ1n) is 8.65. The fourth-order valence-electron chi connectivity index (χ4n) is 3.72. The number of likely N-dealkylation sites (tertiary alicyclic amines) is 1. The van der Waals surface area contributed by atoms with Crippen LogP contribution in [0, 0.1) is 11.8 Å². The van der Waals surface area contributed by atoms with Gasteiger partial charge in [0.2, 0.25) is 0 Å². The summed E-state index contributed by atoms with van der Waals surface area (Å²) in [6.45, 7) is 6.28. The Kier molecular flexibility index (Phi) is 4.89. The maximum Gasteiger partial charge on any atom is 0.338 e. The third-order valence-corrected chi connectivity index (χ3v) is 5.24. The van der Waals surface area contributed by atoms with E-state index in [-0.39, 0.29) is 23.6 Å². The second kappa shape index (κ2) is 6.93. The molecule has 2 fully saturated rings. The van der Waals surface area contributed by atoms with E-state index < -0.39 is 5.97 Å². The Hall–Kier alpha value is -1.89. The Morgan fingerprint density at radius 2 is 2.00 bits per heavy atom. The number of hydrogen-bond donors (Lipinski definition) is 1. The van der Waals surface area contributed by atoms with Gasteiger partial charge < -0.3 is 14.7 Å². The van der Waals surface area contributed by atoms with Gasteiger partial charge in [-0.1, -0.05) is 13.8 Å². The van der Waals surface area contributed by atoms with Crippen molar-refractivity contribution in [3.8, 4) is 0 Å². The van der Waals surface area contributed by atoms with E-state index >= 15 is 0 Å². The van der Waals surface area contributed by atoms with Crippen molar-refractivity contribution in [3.63, 3.8) is 0 Å². The smallest absolute Gasteiger partial charge is 0.338 e. The van der Waals surface area contributed by atoms with Crippen molar-refractivity contribution in [1.29, 1.82) is 0 Å². The van der Waals surface area contributed by atoms with Gasteiger partial charge in [0.1, 0.15) is 6.10 Å². The summed E-state index contributed by atoms with van der Waals surface area (Å²) in [5.41, 5.74) is 0.202. The number of ether oxygens (including phenoxy) is 1. The van der Waals surface area contributed by atoms with Gasteiger partial charge in [0.25, 0.3) is 5.91 Å². The zero-order valence-corrected chi connectivity index (χ0v) is 14.2. The standard InChI is InChI=1S/C17H25N3O4/c1-11(2)14-5-8-24-15(14)16(21)19-6-3-13(4-7-19)20-10-12(9-18-20)17(22)23/h9-11,13-15H,3-8H2,1-2H3,(H,22,23)/t14-,15-/m0/s1. The molecule has 0 aliphatic carbocycles. The lowest BCUT2D eigenvalue weighted by Crippen LogP contribution is -2.46. The molecule has 1 aromatic heterocycles. The highest BCUT2D eigenvalue weighted by atomic mass is 16.5. The van der Waals surface area contributed by atoms with E-state index in [9.17, 15) is 9.59 Å². The summed E-state index contributed by atoms with van der Waals surface area (Å²) in [6.07, 6.45) is 5.16. The number of carboxylic acids is 1. The van der Waals surface area contributed by atoms with E-state index in [0.29, 0.717) is 31.5 Å². The van der Waals surface area contributed by atoms with E-state index in [0.717, 1.165) is 19.3 Å². The molecule has 1 amide bonds. The predicted octanol–water partition coefficient (Wildman–Crippen LogP) is 1.81. The molecule has 1 N–H and O–H groups in total. The van der Waals surface area contributed by atoms with E-state index in [1.165, 1.54) is 6.20 Å². The molecule has 2 atom stereocenters. The van der Waals surface area contributed by atoms with E-state index in [1.54, 1.807) is 10.9 Å². The Morgan fingerprint density at radius 3 is 2.58 bits per heavy atom. The first-order chi connectivity index (χ1) is 11.5. The van der Waals surface area contributed by atoms with Gasteiger partial charge >= 0.3 is 5.97 Å². The first kappa shape index (κ1) is 17.0. The fraction of sp³-hybridized carbons (Fsp3) is 0.706. The highest BCUT2D eigenvalue weighted by Gasteiger charge is 2.39. The van der Waals surface area contributed by atoms with Crippen LogP contribution in [0.4, 0.5) is 0 Å². The van der Waals surface area contributed by atoms with Crippen molar-refractivity contribution < 1.29 is 19.4 Å². The van der Waals surface area contributed by atoms with Gasteiger partial charge in [0.15, 0.2) is 0 Å². The Labute approximate surface area is 141 Å². The third kappa shape index (κ3) is 3.31. The van der Waals surface area contributed by atoms with Crippen molar-refractivity contribution in [2.45, 2.75) is 45.3 Å². The summed E-state index contributed by atoms with van der Waals surface area (Å²) in [6, 6.07) is 0.146.